The number of anilines is 1. The lowest BCUT2D eigenvalue weighted by atomic mass is 10.2. The maximum atomic E-state index is 12.6. The van der Waals surface area contributed by atoms with Gasteiger partial charge in [0.05, 0.1) is 5.69 Å². The first-order valence-electron chi connectivity index (χ1n) is 10.6. The van der Waals surface area contributed by atoms with E-state index in [0.717, 1.165) is 25.6 Å². The lowest BCUT2D eigenvalue weighted by Gasteiger charge is -2.36. The Morgan fingerprint density at radius 3 is 2.58 bits per heavy atom. The highest BCUT2D eigenvalue weighted by molar-refractivity contribution is 7.88. The molecule has 1 aromatic heterocycles. The van der Waals surface area contributed by atoms with E-state index >= 15 is 0 Å². The molecule has 0 atom stereocenters. The van der Waals surface area contributed by atoms with E-state index < -0.39 is 10.0 Å². The van der Waals surface area contributed by atoms with Gasteiger partial charge in [-0.05, 0) is 25.5 Å². The monoisotopic (exact) mass is 448 g/mol. The van der Waals surface area contributed by atoms with Gasteiger partial charge in [-0.15, -0.1) is 0 Å². The molecule has 1 fully saturated rings. The van der Waals surface area contributed by atoms with Crippen LogP contribution in [-0.4, -0.2) is 81.6 Å². The maximum absolute atomic E-state index is 12.6. The van der Waals surface area contributed by atoms with Crippen LogP contribution >= 0.6 is 0 Å². The third kappa shape index (κ3) is 5.98. The Morgan fingerprint density at radius 2 is 1.97 bits per heavy atom. The molecule has 1 N–H and O–H groups in total. The Labute approximate surface area is 184 Å². The molecule has 3 rings (SSSR count). The molecule has 2 aromatic rings. The Kier molecular flexibility index (Phi) is 7.91. The van der Waals surface area contributed by atoms with Crippen LogP contribution in [0.1, 0.15) is 18.2 Å². The molecule has 1 aromatic carbocycles. The zero-order valence-corrected chi connectivity index (χ0v) is 19.3. The Bertz CT molecular complexity index is 953. The SMILES string of the molecule is CCN(CCNC(=NC)N1CCN(S(=O)(=O)Cc2ccon2)CC1)c1ccccc1C. The first kappa shape index (κ1) is 23.1. The maximum Gasteiger partial charge on any atom is 0.220 e. The molecular formula is C21H32N6O3S. The van der Waals surface area contributed by atoms with Gasteiger partial charge in [0.25, 0.3) is 0 Å². The lowest BCUT2D eigenvalue weighted by molar-refractivity contribution is 0.260. The number of nitrogens with zero attached hydrogens (tertiary/aromatic N) is 5. The van der Waals surface area contributed by atoms with Crippen molar-refractivity contribution in [1.29, 1.82) is 0 Å². The second-order valence-corrected chi connectivity index (χ2v) is 9.44. The van der Waals surface area contributed by atoms with E-state index in [1.807, 2.05) is 0 Å². The van der Waals surface area contributed by atoms with E-state index in [1.165, 1.54) is 21.8 Å². The minimum atomic E-state index is -3.41. The normalized spacial score (nSPS) is 15.8. The highest BCUT2D eigenvalue weighted by atomic mass is 32.2. The summed E-state index contributed by atoms with van der Waals surface area (Å²) in [6, 6.07) is 9.97. The lowest BCUT2D eigenvalue weighted by Crippen LogP contribution is -2.54. The van der Waals surface area contributed by atoms with Gasteiger partial charge in [0.2, 0.25) is 10.0 Å². The van der Waals surface area contributed by atoms with Gasteiger partial charge >= 0.3 is 0 Å². The molecule has 0 unspecified atom stereocenters. The topological polar surface area (TPSA) is 94.3 Å². The van der Waals surface area contributed by atoms with Crippen LogP contribution in [0.4, 0.5) is 5.69 Å². The van der Waals surface area contributed by atoms with Crippen molar-refractivity contribution in [3.63, 3.8) is 0 Å². The van der Waals surface area contributed by atoms with Gasteiger partial charge in [-0.25, -0.2) is 8.42 Å². The molecule has 0 amide bonds. The van der Waals surface area contributed by atoms with E-state index in [0.29, 0.717) is 31.9 Å². The largest absolute Gasteiger partial charge is 0.370 e. The number of aromatic nitrogens is 1. The fourth-order valence-electron chi connectivity index (χ4n) is 3.77. The van der Waals surface area contributed by atoms with E-state index in [2.05, 4.69) is 63.4 Å². The van der Waals surface area contributed by atoms with Crippen molar-refractivity contribution in [1.82, 2.24) is 19.7 Å². The summed E-state index contributed by atoms with van der Waals surface area (Å²) in [5, 5.41) is 7.14. The quantitative estimate of drug-likeness (QED) is 0.483. The predicted molar refractivity (Wildman–Crippen MR) is 123 cm³/mol. The molecule has 0 spiro atoms. The fourth-order valence-corrected chi connectivity index (χ4v) is 5.20. The second-order valence-electron chi connectivity index (χ2n) is 7.47. The highest BCUT2D eigenvalue weighted by Crippen LogP contribution is 2.18. The van der Waals surface area contributed by atoms with Crippen molar-refractivity contribution < 1.29 is 12.9 Å². The van der Waals surface area contributed by atoms with Gasteiger partial charge < -0.3 is 19.6 Å². The Hall–Kier alpha value is -2.59. The van der Waals surface area contributed by atoms with E-state index in [1.54, 1.807) is 13.1 Å². The first-order chi connectivity index (χ1) is 14.9. The summed E-state index contributed by atoms with van der Waals surface area (Å²) in [5.41, 5.74) is 2.93. The molecule has 0 bridgehead atoms. The molecule has 31 heavy (non-hydrogen) atoms. The van der Waals surface area contributed by atoms with Crippen molar-refractivity contribution in [2.75, 3.05) is 57.8 Å². The number of nitrogens with one attached hydrogen (secondary N) is 1. The summed E-state index contributed by atoms with van der Waals surface area (Å²) in [4.78, 5) is 8.84. The number of sulfonamides is 1. The predicted octanol–water partition coefficient (Wildman–Crippen LogP) is 1.53. The van der Waals surface area contributed by atoms with Crippen molar-refractivity contribution >= 4 is 21.7 Å². The van der Waals surface area contributed by atoms with Crippen LogP contribution in [-0.2, 0) is 15.8 Å². The molecular weight excluding hydrogens is 416 g/mol. The number of guanidine groups is 1. The van der Waals surface area contributed by atoms with Crippen LogP contribution in [0.2, 0.25) is 0 Å². The smallest absolute Gasteiger partial charge is 0.220 e. The molecule has 0 radical (unpaired) electrons. The number of hydrogen-bond donors (Lipinski definition) is 1. The summed E-state index contributed by atoms with van der Waals surface area (Å²) in [5.74, 6) is 0.664. The van der Waals surface area contributed by atoms with Gasteiger partial charge in [0.15, 0.2) is 5.96 Å². The minimum absolute atomic E-state index is 0.137. The number of benzene rings is 1. The number of piperazine rings is 1. The standard InChI is InChI=1S/C21H32N6O3S/c1-4-25(20-8-6-5-7-18(20)2)11-10-23-21(22-3)26-12-14-27(15-13-26)31(28,29)17-19-9-16-30-24-19/h5-9,16H,4,10-15,17H2,1-3H3,(H,22,23). The molecule has 1 aliphatic heterocycles. The first-order valence-corrected chi connectivity index (χ1v) is 12.2. The van der Waals surface area contributed by atoms with Gasteiger partial charge in [0.1, 0.15) is 12.0 Å². The molecule has 9 nitrogen and oxygen atoms in total. The van der Waals surface area contributed by atoms with Crippen molar-refractivity contribution in [3.8, 4) is 0 Å². The highest BCUT2D eigenvalue weighted by Gasteiger charge is 2.29. The zero-order valence-electron chi connectivity index (χ0n) is 18.5. The van der Waals surface area contributed by atoms with Gasteiger partial charge in [-0.3, -0.25) is 4.99 Å². The third-order valence-electron chi connectivity index (χ3n) is 5.47. The minimum Gasteiger partial charge on any atom is -0.370 e. The van der Waals surface area contributed by atoms with Gasteiger partial charge in [0, 0.05) is 64.6 Å². The summed E-state index contributed by atoms with van der Waals surface area (Å²) < 4.78 is 31.5. The Balaban J connectivity index is 1.49. The molecule has 1 saturated heterocycles. The molecule has 2 heterocycles. The van der Waals surface area contributed by atoms with Crippen LogP contribution in [0.3, 0.4) is 0 Å². The number of likely N-dealkylation sites (N-methyl/N-ethyl adjacent to an activating group) is 1. The molecule has 170 valence electrons. The number of aliphatic imine (C=N–C) groups is 1. The molecule has 0 saturated carbocycles. The number of rotatable bonds is 8. The summed E-state index contributed by atoms with van der Waals surface area (Å²) >= 11 is 0. The average molecular weight is 449 g/mol. The molecule has 10 heteroatoms. The molecule has 0 aliphatic carbocycles. The Morgan fingerprint density at radius 1 is 1.23 bits per heavy atom. The number of aryl methyl sites for hydroxylation is 1. The van der Waals surface area contributed by atoms with Crippen LogP contribution in [0, 0.1) is 6.92 Å². The molecule has 1 aliphatic rings. The number of para-hydroxylation sites is 1. The van der Waals surface area contributed by atoms with E-state index in [4.69, 9.17) is 4.52 Å². The summed E-state index contributed by atoms with van der Waals surface area (Å²) in [7, 11) is -1.65. The van der Waals surface area contributed by atoms with Crippen LogP contribution in [0.25, 0.3) is 0 Å². The van der Waals surface area contributed by atoms with Crippen molar-refractivity contribution in [2.45, 2.75) is 19.6 Å². The van der Waals surface area contributed by atoms with Gasteiger partial charge in [-0.2, -0.15) is 4.31 Å². The fraction of sp³-hybridized carbons (Fsp3) is 0.524. The van der Waals surface area contributed by atoms with E-state index in [9.17, 15) is 8.42 Å². The average Bonchev–Trinajstić information content (AvgIpc) is 3.27. The van der Waals surface area contributed by atoms with Crippen molar-refractivity contribution in [3.05, 3.63) is 47.9 Å². The van der Waals surface area contributed by atoms with Crippen LogP contribution < -0.4 is 10.2 Å². The van der Waals surface area contributed by atoms with Crippen LogP contribution in [0.5, 0.6) is 0 Å². The van der Waals surface area contributed by atoms with Crippen molar-refractivity contribution in [2.24, 2.45) is 4.99 Å². The zero-order chi connectivity index (χ0) is 22.3. The van der Waals surface area contributed by atoms with Gasteiger partial charge in [-0.1, -0.05) is 23.4 Å². The van der Waals surface area contributed by atoms with Crippen LogP contribution in [0.15, 0.2) is 46.1 Å². The second kappa shape index (κ2) is 10.6. The van der Waals surface area contributed by atoms with E-state index in [-0.39, 0.29) is 5.75 Å². The number of hydrogen-bond acceptors (Lipinski definition) is 6. The summed E-state index contributed by atoms with van der Waals surface area (Å²) in [6.07, 6.45) is 1.39. The third-order valence-corrected chi connectivity index (χ3v) is 7.28. The summed E-state index contributed by atoms with van der Waals surface area (Å²) in [6.45, 7) is 8.83.